The average molecular weight is 301 g/mol. The molecular formula is C12H19N3O6. The average Bonchev–Trinajstić information content (AvgIpc) is 3.24. The van der Waals surface area contributed by atoms with Crippen molar-refractivity contribution in [2.75, 3.05) is 26.2 Å². The van der Waals surface area contributed by atoms with Crippen molar-refractivity contribution in [2.45, 2.75) is 25.8 Å². The molecule has 9 nitrogen and oxygen atoms in total. The number of urea groups is 1. The number of hydrogen-bond donors (Lipinski definition) is 3. The first-order valence-corrected chi connectivity index (χ1v) is 6.62. The number of ether oxygens (including phenoxy) is 1. The molecule has 1 saturated carbocycles. The Morgan fingerprint density at radius 2 is 1.86 bits per heavy atom. The van der Waals surface area contributed by atoms with Crippen molar-refractivity contribution in [1.29, 1.82) is 0 Å². The Morgan fingerprint density at radius 3 is 2.38 bits per heavy atom. The molecule has 3 amide bonds. The lowest BCUT2D eigenvalue weighted by Gasteiger charge is -2.21. The maximum atomic E-state index is 11.9. The van der Waals surface area contributed by atoms with E-state index in [0.29, 0.717) is 0 Å². The second-order valence-corrected chi connectivity index (χ2v) is 4.49. The number of esters is 1. The van der Waals surface area contributed by atoms with Crippen molar-refractivity contribution in [2.24, 2.45) is 0 Å². The van der Waals surface area contributed by atoms with E-state index in [2.05, 4.69) is 10.6 Å². The predicted molar refractivity (Wildman–Crippen MR) is 70.4 cm³/mol. The minimum Gasteiger partial charge on any atom is -0.480 e. The van der Waals surface area contributed by atoms with Gasteiger partial charge in [0, 0.05) is 6.04 Å². The molecule has 0 aromatic rings. The zero-order valence-electron chi connectivity index (χ0n) is 11.8. The Balaban J connectivity index is 2.37. The Bertz CT molecular complexity index is 421. The van der Waals surface area contributed by atoms with E-state index < -0.39 is 30.4 Å². The number of carboxylic acids is 1. The van der Waals surface area contributed by atoms with Crippen molar-refractivity contribution in [3.8, 4) is 0 Å². The van der Waals surface area contributed by atoms with Crippen molar-refractivity contribution in [1.82, 2.24) is 15.5 Å². The Morgan fingerprint density at radius 1 is 1.19 bits per heavy atom. The normalized spacial score (nSPS) is 13.2. The van der Waals surface area contributed by atoms with Crippen LogP contribution in [-0.2, 0) is 19.1 Å². The van der Waals surface area contributed by atoms with Crippen LogP contribution in [0.2, 0.25) is 0 Å². The molecule has 9 heteroatoms. The molecule has 0 spiro atoms. The van der Waals surface area contributed by atoms with E-state index in [1.165, 1.54) is 4.90 Å². The van der Waals surface area contributed by atoms with Crippen LogP contribution in [0.5, 0.6) is 0 Å². The Hall–Kier alpha value is -2.32. The molecular weight excluding hydrogens is 282 g/mol. The molecule has 0 aliphatic heterocycles. The quantitative estimate of drug-likeness (QED) is 0.490. The minimum atomic E-state index is -1.17. The molecule has 1 fully saturated rings. The van der Waals surface area contributed by atoms with Gasteiger partial charge < -0.3 is 25.4 Å². The summed E-state index contributed by atoms with van der Waals surface area (Å²) >= 11 is 0. The fourth-order valence-electron chi connectivity index (χ4n) is 1.59. The summed E-state index contributed by atoms with van der Waals surface area (Å²) in [5.41, 5.74) is 0. The fraction of sp³-hybridized carbons (Fsp3) is 0.667. The monoisotopic (exact) mass is 301 g/mol. The molecule has 1 aliphatic rings. The highest BCUT2D eigenvalue weighted by Gasteiger charge is 2.34. The van der Waals surface area contributed by atoms with E-state index in [0.717, 1.165) is 12.8 Å². The van der Waals surface area contributed by atoms with E-state index in [9.17, 15) is 19.2 Å². The second kappa shape index (κ2) is 8.08. The van der Waals surface area contributed by atoms with Gasteiger partial charge in [0.25, 0.3) is 0 Å². The van der Waals surface area contributed by atoms with Gasteiger partial charge in [-0.25, -0.2) is 4.79 Å². The highest BCUT2D eigenvalue weighted by atomic mass is 16.5. The summed E-state index contributed by atoms with van der Waals surface area (Å²) in [6.45, 7) is 0.881. The standard InChI is InChI=1S/C12H19N3O6/c1-2-21-11(19)7-15(8-3-4-8)12(20)14-5-9(16)13-6-10(17)18/h8H,2-7H2,1H3,(H,13,16)(H,14,20)(H,17,18). The molecule has 0 atom stereocenters. The van der Waals surface area contributed by atoms with Crippen molar-refractivity contribution < 1.29 is 29.0 Å². The van der Waals surface area contributed by atoms with Gasteiger partial charge in [0.2, 0.25) is 5.91 Å². The molecule has 0 aromatic carbocycles. The van der Waals surface area contributed by atoms with E-state index in [1.807, 2.05) is 0 Å². The molecule has 1 rings (SSSR count). The topological polar surface area (TPSA) is 125 Å². The third kappa shape index (κ3) is 6.59. The lowest BCUT2D eigenvalue weighted by atomic mass is 10.4. The molecule has 0 saturated heterocycles. The van der Waals surface area contributed by atoms with Crippen LogP contribution in [0.1, 0.15) is 19.8 Å². The number of hydrogen-bond acceptors (Lipinski definition) is 5. The molecule has 0 aromatic heterocycles. The number of rotatable bonds is 8. The first-order chi connectivity index (χ1) is 9.93. The van der Waals surface area contributed by atoms with Gasteiger partial charge in [-0.2, -0.15) is 0 Å². The highest BCUT2D eigenvalue weighted by molar-refractivity contribution is 5.87. The highest BCUT2D eigenvalue weighted by Crippen LogP contribution is 2.26. The lowest BCUT2D eigenvalue weighted by molar-refractivity contribution is -0.144. The number of carbonyl (C=O) groups excluding carboxylic acids is 3. The van der Waals surface area contributed by atoms with E-state index in [4.69, 9.17) is 9.84 Å². The van der Waals surface area contributed by atoms with Crippen LogP contribution in [0.3, 0.4) is 0 Å². The number of carbonyl (C=O) groups is 4. The molecule has 118 valence electrons. The summed E-state index contributed by atoms with van der Waals surface area (Å²) in [5, 5.41) is 12.9. The zero-order chi connectivity index (χ0) is 15.8. The maximum Gasteiger partial charge on any atom is 0.325 e. The van der Waals surface area contributed by atoms with Crippen LogP contribution in [0.4, 0.5) is 4.79 Å². The third-order valence-corrected chi connectivity index (χ3v) is 2.69. The smallest absolute Gasteiger partial charge is 0.325 e. The van der Waals surface area contributed by atoms with Gasteiger partial charge in [-0.05, 0) is 19.8 Å². The fourth-order valence-corrected chi connectivity index (χ4v) is 1.59. The van der Waals surface area contributed by atoms with E-state index in [1.54, 1.807) is 6.92 Å². The summed E-state index contributed by atoms with van der Waals surface area (Å²) < 4.78 is 4.79. The molecule has 0 heterocycles. The van der Waals surface area contributed by atoms with Crippen LogP contribution in [0, 0.1) is 0 Å². The van der Waals surface area contributed by atoms with Crippen molar-refractivity contribution in [3.05, 3.63) is 0 Å². The van der Waals surface area contributed by atoms with Gasteiger partial charge in [0.15, 0.2) is 0 Å². The van der Waals surface area contributed by atoms with Gasteiger partial charge in [0.1, 0.15) is 13.1 Å². The van der Waals surface area contributed by atoms with Gasteiger partial charge >= 0.3 is 18.0 Å². The minimum absolute atomic E-state index is 0.0171. The predicted octanol–water partition coefficient (Wildman–Crippen LogP) is -1.08. The zero-order valence-corrected chi connectivity index (χ0v) is 11.8. The number of nitrogens with one attached hydrogen (secondary N) is 2. The number of aliphatic carboxylic acids is 1. The lowest BCUT2D eigenvalue weighted by Crippen LogP contribution is -2.47. The van der Waals surface area contributed by atoms with Crippen LogP contribution >= 0.6 is 0 Å². The van der Waals surface area contributed by atoms with Crippen LogP contribution in [-0.4, -0.2) is 66.2 Å². The molecule has 0 unspecified atom stereocenters. The SMILES string of the molecule is CCOC(=O)CN(C(=O)NCC(=O)NCC(=O)O)C1CC1. The first-order valence-electron chi connectivity index (χ1n) is 6.62. The molecule has 21 heavy (non-hydrogen) atoms. The summed E-state index contributed by atoms with van der Waals surface area (Å²) in [4.78, 5) is 46.2. The van der Waals surface area contributed by atoms with Crippen molar-refractivity contribution in [3.63, 3.8) is 0 Å². The molecule has 3 N–H and O–H groups in total. The summed E-state index contributed by atoms with van der Waals surface area (Å²) in [6.07, 6.45) is 1.61. The Labute approximate surface area is 121 Å². The molecule has 1 aliphatic carbocycles. The van der Waals surface area contributed by atoms with Gasteiger partial charge in [0.05, 0.1) is 13.2 Å². The van der Waals surface area contributed by atoms with Crippen LogP contribution in [0.25, 0.3) is 0 Å². The van der Waals surface area contributed by atoms with Gasteiger partial charge in [-0.3, -0.25) is 14.4 Å². The summed E-state index contributed by atoms with van der Waals surface area (Å²) in [5.74, 6) is -2.29. The summed E-state index contributed by atoms with van der Waals surface area (Å²) in [6, 6.07) is -0.562. The number of carboxylic acid groups (broad SMARTS) is 1. The van der Waals surface area contributed by atoms with Crippen LogP contribution < -0.4 is 10.6 Å². The number of amides is 3. The molecule has 0 radical (unpaired) electrons. The van der Waals surface area contributed by atoms with Gasteiger partial charge in [-0.15, -0.1) is 0 Å². The largest absolute Gasteiger partial charge is 0.480 e. The van der Waals surface area contributed by atoms with Crippen molar-refractivity contribution >= 4 is 23.9 Å². The first kappa shape index (κ1) is 16.7. The van der Waals surface area contributed by atoms with Crippen LogP contribution in [0.15, 0.2) is 0 Å². The number of nitrogens with zero attached hydrogens (tertiary/aromatic N) is 1. The van der Waals surface area contributed by atoms with Gasteiger partial charge in [-0.1, -0.05) is 0 Å². The van der Waals surface area contributed by atoms with E-state index in [-0.39, 0.29) is 25.7 Å². The maximum absolute atomic E-state index is 11.9. The summed E-state index contributed by atoms with van der Waals surface area (Å²) in [7, 11) is 0. The van der Waals surface area contributed by atoms with E-state index >= 15 is 0 Å². The Kier molecular flexibility index (Phi) is 6.44. The second-order valence-electron chi connectivity index (χ2n) is 4.49. The molecule has 0 bridgehead atoms. The third-order valence-electron chi connectivity index (χ3n) is 2.69.